The standard InChI is InChI=1S/C17H20O2/c1-3-18-16-10-11-17(19-4-2)15(13-16)12-14-8-6-5-7-9-14/h5-11,13H,3-4,12H2,1-2H3. The molecule has 19 heavy (non-hydrogen) atoms. The lowest BCUT2D eigenvalue weighted by atomic mass is 10.0. The molecule has 2 nitrogen and oxygen atoms in total. The van der Waals surface area contributed by atoms with Crippen LogP contribution in [0.5, 0.6) is 11.5 Å². The lowest BCUT2D eigenvalue weighted by molar-refractivity contribution is 0.328. The molecule has 0 aliphatic heterocycles. The first-order valence-electron chi connectivity index (χ1n) is 6.76. The Balaban J connectivity index is 2.26. The van der Waals surface area contributed by atoms with Gasteiger partial charge in [-0.1, -0.05) is 30.3 Å². The fourth-order valence-electron chi connectivity index (χ4n) is 2.06. The fourth-order valence-corrected chi connectivity index (χ4v) is 2.06. The van der Waals surface area contributed by atoms with Gasteiger partial charge in [0.15, 0.2) is 0 Å². The van der Waals surface area contributed by atoms with E-state index in [1.54, 1.807) is 0 Å². The molecule has 0 unspecified atom stereocenters. The second kappa shape index (κ2) is 6.83. The molecule has 0 amide bonds. The van der Waals surface area contributed by atoms with Crippen molar-refractivity contribution in [3.63, 3.8) is 0 Å². The first-order valence-corrected chi connectivity index (χ1v) is 6.76. The van der Waals surface area contributed by atoms with Crippen molar-refractivity contribution in [3.8, 4) is 11.5 Å². The maximum absolute atomic E-state index is 5.69. The third kappa shape index (κ3) is 3.75. The van der Waals surface area contributed by atoms with Gasteiger partial charge in [0, 0.05) is 12.0 Å². The zero-order valence-electron chi connectivity index (χ0n) is 11.6. The van der Waals surface area contributed by atoms with Crippen molar-refractivity contribution in [3.05, 3.63) is 59.7 Å². The van der Waals surface area contributed by atoms with Crippen LogP contribution in [-0.4, -0.2) is 13.2 Å². The molecule has 0 heterocycles. The molecule has 2 aromatic rings. The van der Waals surface area contributed by atoms with E-state index in [4.69, 9.17) is 9.47 Å². The maximum Gasteiger partial charge on any atom is 0.123 e. The summed E-state index contributed by atoms with van der Waals surface area (Å²) >= 11 is 0. The molecule has 0 aliphatic carbocycles. The smallest absolute Gasteiger partial charge is 0.123 e. The third-order valence-electron chi connectivity index (χ3n) is 2.88. The summed E-state index contributed by atoms with van der Waals surface area (Å²) in [7, 11) is 0. The molecule has 0 saturated carbocycles. The van der Waals surface area contributed by atoms with Gasteiger partial charge in [0.2, 0.25) is 0 Å². The minimum atomic E-state index is 0.676. The Kier molecular flexibility index (Phi) is 4.85. The molecule has 0 spiro atoms. The van der Waals surface area contributed by atoms with Crippen LogP contribution in [0.1, 0.15) is 25.0 Å². The molecule has 2 rings (SSSR count). The Hall–Kier alpha value is -1.96. The van der Waals surface area contributed by atoms with Gasteiger partial charge in [-0.15, -0.1) is 0 Å². The molecule has 0 aromatic heterocycles. The zero-order chi connectivity index (χ0) is 13.5. The van der Waals surface area contributed by atoms with Gasteiger partial charge >= 0.3 is 0 Å². The van der Waals surface area contributed by atoms with E-state index in [0.717, 1.165) is 17.9 Å². The molecule has 0 radical (unpaired) electrons. The topological polar surface area (TPSA) is 18.5 Å². The lowest BCUT2D eigenvalue weighted by Gasteiger charge is -2.12. The molecule has 0 atom stereocenters. The van der Waals surface area contributed by atoms with Crippen LogP contribution in [-0.2, 0) is 6.42 Å². The first-order chi connectivity index (χ1) is 9.33. The van der Waals surface area contributed by atoms with E-state index in [1.165, 1.54) is 11.1 Å². The summed E-state index contributed by atoms with van der Waals surface area (Å²) in [5.74, 6) is 1.84. The summed E-state index contributed by atoms with van der Waals surface area (Å²) in [5.41, 5.74) is 2.44. The summed E-state index contributed by atoms with van der Waals surface area (Å²) < 4.78 is 11.2. The molecular formula is C17H20O2. The van der Waals surface area contributed by atoms with E-state index in [-0.39, 0.29) is 0 Å². The van der Waals surface area contributed by atoms with E-state index < -0.39 is 0 Å². The van der Waals surface area contributed by atoms with Crippen LogP contribution in [0.4, 0.5) is 0 Å². The molecule has 100 valence electrons. The van der Waals surface area contributed by atoms with E-state index in [1.807, 2.05) is 32.0 Å². The SMILES string of the molecule is CCOc1ccc(OCC)c(Cc2ccccc2)c1. The van der Waals surface area contributed by atoms with Gasteiger partial charge < -0.3 is 9.47 Å². The highest BCUT2D eigenvalue weighted by atomic mass is 16.5. The van der Waals surface area contributed by atoms with Crippen molar-refractivity contribution in [2.45, 2.75) is 20.3 Å². The van der Waals surface area contributed by atoms with Crippen LogP contribution < -0.4 is 9.47 Å². The predicted molar refractivity (Wildman–Crippen MR) is 78.0 cm³/mol. The average Bonchev–Trinajstić information content (AvgIpc) is 2.43. The molecule has 0 bridgehead atoms. The minimum absolute atomic E-state index is 0.676. The Morgan fingerprint density at radius 1 is 0.842 bits per heavy atom. The third-order valence-corrected chi connectivity index (χ3v) is 2.88. The largest absolute Gasteiger partial charge is 0.494 e. The van der Waals surface area contributed by atoms with Crippen molar-refractivity contribution in [1.29, 1.82) is 0 Å². The summed E-state index contributed by atoms with van der Waals surface area (Å²) in [6, 6.07) is 16.4. The van der Waals surface area contributed by atoms with Crippen LogP contribution in [0.15, 0.2) is 48.5 Å². The zero-order valence-corrected chi connectivity index (χ0v) is 11.6. The lowest BCUT2D eigenvalue weighted by Crippen LogP contribution is -1.99. The van der Waals surface area contributed by atoms with Gasteiger partial charge in [-0.05, 0) is 37.6 Å². The van der Waals surface area contributed by atoms with Gasteiger partial charge in [-0.25, -0.2) is 0 Å². The first kappa shape index (κ1) is 13.5. The van der Waals surface area contributed by atoms with Crippen molar-refractivity contribution in [2.75, 3.05) is 13.2 Å². The molecule has 0 saturated heterocycles. The van der Waals surface area contributed by atoms with E-state index in [2.05, 4.69) is 30.3 Å². The van der Waals surface area contributed by atoms with Crippen LogP contribution in [0, 0.1) is 0 Å². The Labute approximate surface area is 115 Å². The molecular weight excluding hydrogens is 236 g/mol. The van der Waals surface area contributed by atoms with Gasteiger partial charge in [-0.3, -0.25) is 0 Å². The average molecular weight is 256 g/mol. The van der Waals surface area contributed by atoms with Crippen molar-refractivity contribution in [2.24, 2.45) is 0 Å². The fraction of sp³-hybridized carbons (Fsp3) is 0.294. The molecule has 2 aromatic carbocycles. The van der Waals surface area contributed by atoms with Crippen LogP contribution >= 0.6 is 0 Å². The highest BCUT2D eigenvalue weighted by molar-refractivity contribution is 5.43. The summed E-state index contributed by atoms with van der Waals surface area (Å²) in [4.78, 5) is 0. The molecule has 2 heteroatoms. The quantitative estimate of drug-likeness (QED) is 0.775. The highest BCUT2D eigenvalue weighted by Gasteiger charge is 2.06. The Morgan fingerprint density at radius 3 is 2.26 bits per heavy atom. The maximum atomic E-state index is 5.69. The molecule has 0 fully saturated rings. The Bertz CT molecular complexity index is 506. The van der Waals surface area contributed by atoms with Crippen molar-refractivity contribution < 1.29 is 9.47 Å². The van der Waals surface area contributed by atoms with Crippen molar-refractivity contribution >= 4 is 0 Å². The van der Waals surface area contributed by atoms with Gasteiger partial charge in [0.05, 0.1) is 13.2 Å². The second-order valence-electron chi connectivity index (χ2n) is 4.30. The van der Waals surface area contributed by atoms with Crippen molar-refractivity contribution in [1.82, 2.24) is 0 Å². The minimum Gasteiger partial charge on any atom is -0.494 e. The normalized spacial score (nSPS) is 10.2. The van der Waals surface area contributed by atoms with Gasteiger partial charge in [0.25, 0.3) is 0 Å². The highest BCUT2D eigenvalue weighted by Crippen LogP contribution is 2.26. The van der Waals surface area contributed by atoms with E-state index in [9.17, 15) is 0 Å². The Morgan fingerprint density at radius 2 is 1.58 bits per heavy atom. The number of hydrogen-bond donors (Lipinski definition) is 0. The van der Waals surface area contributed by atoms with Gasteiger partial charge in [0.1, 0.15) is 11.5 Å². The number of hydrogen-bond acceptors (Lipinski definition) is 2. The summed E-state index contributed by atoms with van der Waals surface area (Å²) in [5, 5.41) is 0. The summed E-state index contributed by atoms with van der Waals surface area (Å²) in [6.45, 7) is 5.35. The molecule has 0 aliphatic rings. The summed E-state index contributed by atoms with van der Waals surface area (Å²) in [6.07, 6.45) is 0.858. The predicted octanol–water partition coefficient (Wildman–Crippen LogP) is 4.07. The van der Waals surface area contributed by atoms with E-state index >= 15 is 0 Å². The monoisotopic (exact) mass is 256 g/mol. The number of ether oxygens (including phenoxy) is 2. The van der Waals surface area contributed by atoms with Crippen LogP contribution in [0.25, 0.3) is 0 Å². The number of benzene rings is 2. The van der Waals surface area contributed by atoms with Crippen LogP contribution in [0.3, 0.4) is 0 Å². The van der Waals surface area contributed by atoms with Gasteiger partial charge in [-0.2, -0.15) is 0 Å². The second-order valence-corrected chi connectivity index (χ2v) is 4.30. The van der Waals surface area contributed by atoms with E-state index in [0.29, 0.717) is 13.2 Å². The molecule has 0 N–H and O–H groups in total. The van der Waals surface area contributed by atoms with Crippen LogP contribution in [0.2, 0.25) is 0 Å². The number of rotatable bonds is 6.